The lowest BCUT2D eigenvalue weighted by Crippen LogP contribution is -2.40. The summed E-state index contributed by atoms with van der Waals surface area (Å²) in [5, 5.41) is 3.32. The van der Waals surface area contributed by atoms with Crippen molar-refractivity contribution in [1.29, 1.82) is 0 Å². The quantitative estimate of drug-likeness (QED) is 0.597. The van der Waals surface area contributed by atoms with Gasteiger partial charge in [-0.05, 0) is 27.2 Å². The van der Waals surface area contributed by atoms with Crippen LogP contribution in [0.5, 0.6) is 0 Å². The molecule has 0 heterocycles. The Morgan fingerprint density at radius 2 is 1.76 bits per heavy atom. The van der Waals surface area contributed by atoms with Crippen LogP contribution in [0.3, 0.4) is 0 Å². The maximum absolute atomic E-state index is 11.7. The number of hydrogen-bond acceptors (Lipinski definition) is 2. The fourth-order valence-electron chi connectivity index (χ4n) is 1.93. The fourth-order valence-corrected chi connectivity index (χ4v) is 1.93. The second-order valence-electron chi connectivity index (χ2n) is 4.70. The zero-order valence-electron chi connectivity index (χ0n) is 12.1. The van der Waals surface area contributed by atoms with E-state index >= 15 is 0 Å². The van der Waals surface area contributed by atoms with Crippen molar-refractivity contribution >= 4 is 5.91 Å². The Morgan fingerprint density at radius 3 is 2.29 bits per heavy atom. The Morgan fingerprint density at radius 1 is 1.12 bits per heavy atom. The third-order valence-electron chi connectivity index (χ3n) is 3.21. The Balaban J connectivity index is 3.61. The highest BCUT2D eigenvalue weighted by atomic mass is 16.2. The summed E-state index contributed by atoms with van der Waals surface area (Å²) >= 11 is 0. The molecule has 0 spiro atoms. The molecule has 3 nitrogen and oxygen atoms in total. The van der Waals surface area contributed by atoms with Crippen molar-refractivity contribution in [2.45, 2.75) is 65.8 Å². The van der Waals surface area contributed by atoms with Crippen LogP contribution in [-0.2, 0) is 4.79 Å². The molecule has 1 unspecified atom stereocenters. The largest absolute Gasteiger partial charge is 0.342 e. The van der Waals surface area contributed by atoms with E-state index in [-0.39, 0.29) is 5.91 Å². The first-order valence-corrected chi connectivity index (χ1v) is 7.16. The summed E-state index contributed by atoms with van der Waals surface area (Å²) in [5.74, 6) is 0.218. The van der Waals surface area contributed by atoms with Gasteiger partial charge < -0.3 is 10.2 Å². The van der Waals surface area contributed by atoms with Gasteiger partial charge in [-0.15, -0.1) is 0 Å². The van der Waals surface area contributed by atoms with Crippen LogP contribution in [0.2, 0.25) is 0 Å². The molecule has 0 aromatic carbocycles. The van der Waals surface area contributed by atoms with E-state index in [1.54, 1.807) is 0 Å². The minimum Gasteiger partial charge on any atom is -0.342 e. The molecule has 0 bridgehead atoms. The molecule has 17 heavy (non-hydrogen) atoms. The molecule has 0 aliphatic carbocycles. The van der Waals surface area contributed by atoms with E-state index in [1.165, 1.54) is 32.1 Å². The molecule has 3 heteroatoms. The van der Waals surface area contributed by atoms with Crippen LogP contribution in [0, 0.1) is 0 Å². The van der Waals surface area contributed by atoms with Gasteiger partial charge in [-0.25, -0.2) is 0 Å². The van der Waals surface area contributed by atoms with Gasteiger partial charge in [0.2, 0.25) is 5.91 Å². The number of unbranched alkanes of at least 4 members (excludes halogenated alkanes) is 3. The van der Waals surface area contributed by atoms with Gasteiger partial charge in [0, 0.05) is 19.1 Å². The van der Waals surface area contributed by atoms with Crippen molar-refractivity contribution in [1.82, 2.24) is 10.2 Å². The third kappa shape index (κ3) is 8.19. The summed E-state index contributed by atoms with van der Waals surface area (Å²) in [4.78, 5) is 13.6. The summed E-state index contributed by atoms with van der Waals surface area (Å²) in [5.41, 5.74) is 0. The molecule has 102 valence electrons. The number of carbonyl (C=O) groups is 1. The van der Waals surface area contributed by atoms with Crippen molar-refractivity contribution in [2.75, 3.05) is 19.6 Å². The number of amides is 1. The van der Waals surface area contributed by atoms with E-state index in [4.69, 9.17) is 0 Å². The average Bonchev–Trinajstić information content (AvgIpc) is 2.33. The maximum Gasteiger partial charge on any atom is 0.236 e. The van der Waals surface area contributed by atoms with Gasteiger partial charge in [-0.3, -0.25) is 4.79 Å². The van der Waals surface area contributed by atoms with E-state index in [9.17, 15) is 4.79 Å². The van der Waals surface area contributed by atoms with Crippen LogP contribution < -0.4 is 5.32 Å². The molecule has 0 aromatic heterocycles. The number of rotatable bonds is 10. The first-order chi connectivity index (χ1) is 8.15. The lowest BCUT2D eigenvalue weighted by molar-refractivity contribution is -0.129. The van der Waals surface area contributed by atoms with Crippen molar-refractivity contribution < 1.29 is 4.79 Å². The second-order valence-corrected chi connectivity index (χ2v) is 4.70. The van der Waals surface area contributed by atoms with Crippen molar-refractivity contribution in [3.63, 3.8) is 0 Å². The zero-order valence-corrected chi connectivity index (χ0v) is 12.1. The fraction of sp³-hybridized carbons (Fsp3) is 0.929. The highest BCUT2D eigenvalue weighted by Crippen LogP contribution is 2.05. The normalized spacial score (nSPS) is 12.5. The second kappa shape index (κ2) is 10.6. The predicted octanol–water partition coefficient (Wildman–Crippen LogP) is 2.80. The van der Waals surface area contributed by atoms with Gasteiger partial charge in [0.1, 0.15) is 0 Å². The lowest BCUT2D eigenvalue weighted by Gasteiger charge is -2.20. The van der Waals surface area contributed by atoms with Crippen LogP contribution in [-0.4, -0.2) is 36.5 Å². The number of nitrogens with one attached hydrogen (secondary N) is 1. The first kappa shape index (κ1) is 16.4. The van der Waals surface area contributed by atoms with Crippen LogP contribution in [0.4, 0.5) is 0 Å². The molecule has 1 N–H and O–H groups in total. The molecule has 0 radical (unpaired) electrons. The highest BCUT2D eigenvalue weighted by Gasteiger charge is 2.10. The first-order valence-electron chi connectivity index (χ1n) is 7.16. The van der Waals surface area contributed by atoms with Gasteiger partial charge in [0.15, 0.2) is 0 Å². The van der Waals surface area contributed by atoms with Crippen LogP contribution in [0.1, 0.15) is 59.8 Å². The standard InChI is InChI=1S/C14H30N2O/c1-5-8-9-10-11-13(4)15-12-14(17)16(6-2)7-3/h13,15H,5-12H2,1-4H3. The van der Waals surface area contributed by atoms with Crippen molar-refractivity contribution in [2.24, 2.45) is 0 Å². The Hall–Kier alpha value is -0.570. The summed E-state index contributed by atoms with van der Waals surface area (Å²) < 4.78 is 0. The van der Waals surface area contributed by atoms with E-state index in [0.717, 1.165) is 13.1 Å². The molecular formula is C14H30N2O. The Kier molecular flexibility index (Phi) is 10.2. The van der Waals surface area contributed by atoms with Crippen LogP contribution in [0.15, 0.2) is 0 Å². The van der Waals surface area contributed by atoms with E-state index < -0.39 is 0 Å². The van der Waals surface area contributed by atoms with E-state index in [0.29, 0.717) is 12.6 Å². The highest BCUT2D eigenvalue weighted by molar-refractivity contribution is 5.78. The average molecular weight is 242 g/mol. The lowest BCUT2D eigenvalue weighted by atomic mass is 10.1. The Bertz CT molecular complexity index is 191. The van der Waals surface area contributed by atoms with Gasteiger partial charge in [-0.1, -0.05) is 32.6 Å². The van der Waals surface area contributed by atoms with Crippen molar-refractivity contribution in [3.8, 4) is 0 Å². The van der Waals surface area contributed by atoms with Gasteiger partial charge in [0.25, 0.3) is 0 Å². The molecule has 0 aromatic rings. The molecule has 0 rings (SSSR count). The summed E-state index contributed by atoms with van der Waals surface area (Å²) in [6.45, 7) is 10.5. The minimum absolute atomic E-state index is 0.218. The SMILES string of the molecule is CCCCCCC(C)NCC(=O)N(CC)CC. The summed E-state index contributed by atoms with van der Waals surface area (Å²) in [6.07, 6.45) is 6.35. The molecular weight excluding hydrogens is 212 g/mol. The number of hydrogen-bond donors (Lipinski definition) is 1. The molecule has 0 aliphatic rings. The van der Waals surface area contributed by atoms with Crippen LogP contribution >= 0.6 is 0 Å². The Labute approximate surface area is 107 Å². The van der Waals surface area contributed by atoms with Crippen molar-refractivity contribution in [3.05, 3.63) is 0 Å². The number of carbonyl (C=O) groups excluding carboxylic acids is 1. The topological polar surface area (TPSA) is 32.3 Å². The zero-order chi connectivity index (χ0) is 13.1. The number of likely N-dealkylation sites (N-methyl/N-ethyl adjacent to an activating group) is 1. The number of nitrogens with zero attached hydrogens (tertiary/aromatic N) is 1. The van der Waals surface area contributed by atoms with Gasteiger partial charge >= 0.3 is 0 Å². The van der Waals surface area contributed by atoms with Gasteiger partial charge in [-0.2, -0.15) is 0 Å². The molecule has 1 atom stereocenters. The molecule has 0 saturated heterocycles. The minimum atomic E-state index is 0.218. The summed E-state index contributed by atoms with van der Waals surface area (Å²) in [6, 6.07) is 0.450. The van der Waals surface area contributed by atoms with Crippen LogP contribution in [0.25, 0.3) is 0 Å². The summed E-state index contributed by atoms with van der Waals surface area (Å²) in [7, 11) is 0. The predicted molar refractivity (Wildman–Crippen MR) is 74.2 cm³/mol. The smallest absolute Gasteiger partial charge is 0.236 e. The van der Waals surface area contributed by atoms with E-state index in [1.807, 2.05) is 18.7 Å². The third-order valence-corrected chi connectivity index (χ3v) is 3.21. The monoisotopic (exact) mass is 242 g/mol. The molecule has 0 aliphatic heterocycles. The molecule has 1 amide bonds. The molecule has 0 saturated carbocycles. The van der Waals surface area contributed by atoms with E-state index in [2.05, 4.69) is 19.2 Å². The molecule has 0 fully saturated rings. The maximum atomic E-state index is 11.7. The van der Waals surface area contributed by atoms with Gasteiger partial charge in [0.05, 0.1) is 6.54 Å².